The van der Waals surface area contributed by atoms with Crippen LogP contribution in [0.2, 0.25) is 0 Å². The Kier molecular flexibility index (Phi) is 3.92. The zero-order valence-corrected chi connectivity index (χ0v) is 14.5. The second-order valence-electron chi connectivity index (χ2n) is 5.38. The minimum Gasteiger partial charge on any atom is -0.486 e. The number of fused-ring (bicyclic) bond motifs is 2. The molecule has 2 aromatic heterocycles. The zero-order chi connectivity index (χ0) is 17.4. The number of carbonyl (C=O) groups is 1. The van der Waals surface area contributed by atoms with E-state index >= 15 is 0 Å². The van der Waals surface area contributed by atoms with Crippen molar-refractivity contribution < 1.29 is 14.3 Å². The van der Waals surface area contributed by atoms with Crippen LogP contribution in [0.1, 0.15) is 16.3 Å². The van der Waals surface area contributed by atoms with Crippen molar-refractivity contribution in [3.8, 4) is 11.5 Å². The Morgan fingerprint density at radius 3 is 2.76 bits per heavy atom. The van der Waals surface area contributed by atoms with Crippen LogP contribution in [0.3, 0.4) is 0 Å². The summed E-state index contributed by atoms with van der Waals surface area (Å²) in [4.78, 5) is 21.7. The van der Waals surface area contributed by atoms with E-state index in [1.807, 2.05) is 19.2 Å². The highest BCUT2D eigenvalue weighted by molar-refractivity contribution is 7.98. The number of hydrogen-bond donors (Lipinski definition) is 1. The summed E-state index contributed by atoms with van der Waals surface area (Å²) in [5.74, 6) is 1.33. The molecule has 0 unspecified atom stereocenters. The number of hydrogen-bond acceptors (Lipinski definition) is 7. The van der Waals surface area contributed by atoms with Crippen LogP contribution in [-0.2, 0) is 0 Å². The molecule has 0 bridgehead atoms. The SMILES string of the molecule is CSc1cc2c(cc1NC(=O)c1nc3nccc(C)n3n1)OCCO2. The van der Waals surface area contributed by atoms with Gasteiger partial charge in [-0.05, 0) is 25.3 Å². The molecule has 0 fully saturated rings. The molecule has 1 aliphatic rings. The molecule has 0 atom stereocenters. The number of benzene rings is 1. The van der Waals surface area contributed by atoms with Crippen LogP contribution >= 0.6 is 11.8 Å². The smallest absolute Gasteiger partial charge is 0.295 e. The second kappa shape index (κ2) is 6.25. The van der Waals surface area contributed by atoms with Crippen molar-refractivity contribution in [3.63, 3.8) is 0 Å². The molecule has 4 rings (SSSR count). The lowest BCUT2D eigenvalue weighted by molar-refractivity contribution is 0.101. The van der Waals surface area contributed by atoms with Gasteiger partial charge in [0, 0.05) is 22.9 Å². The van der Waals surface area contributed by atoms with Gasteiger partial charge in [0.1, 0.15) is 13.2 Å². The number of nitrogens with one attached hydrogen (secondary N) is 1. The summed E-state index contributed by atoms with van der Waals surface area (Å²) in [5.41, 5.74) is 1.48. The predicted octanol–water partition coefficient (Wildman–Crippen LogP) is 2.18. The van der Waals surface area contributed by atoms with E-state index in [0.717, 1.165) is 10.6 Å². The molecule has 0 saturated heterocycles. The van der Waals surface area contributed by atoms with Gasteiger partial charge >= 0.3 is 0 Å². The number of rotatable bonds is 3. The minimum atomic E-state index is -0.406. The highest BCUT2D eigenvalue weighted by atomic mass is 32.2. The number of ether oxygens (including phenoxy) is 2. The quantitative estimate of drug-likeness (QED) is 0.718. The Labute approximate surface area is 147 Å². The summed E-state index contributed by atoms with van der Waals surface area (Å²) in [5, 5.41) is 7.07. The van der Waals surface area contributed by atoms with Crippen molar-refractivity contribution in [1.29, 1.82) is 0 Å². The number of aromatic nitrogens is 4. The largest absolute Gasteiger partial charge is 0.486 e. The Morgan fingerprint density at radius 2 is 2.04 bits per heavy atom. The van der Waals surface area contributed by atoms with Gasteiger partial charge in [-0.3, -0.25) is 4.79 Å². The highest BCUT2D eigenvalue weighted by Crippen LogP contribution is 2.39. The van der Waals surface area contributed by atoms with Gasteiger partial charge in [0.05, 0.1) is 5.69 Å². The van der Waals surface area contributed by atoms with Crippen LogP contribution in [0, 0.1) is 6.92 Å². The molecule has 25 heavy (non-hydrogen) atoms. The first-order valence-electron chi connectivity index (χ1n) is 7.63. The molecule has 1 aliphatic heterocycles. The van der Waals surface area contributed by atoms with Crippen LogP contribution in [0.4, 0.5) is 5.69 Å². The Balaban J connectivity index is 1.66. The summed E-state index contributed by atoms with van der Waals surface area (Å²) < 4.78 is 12.7. The van der Waals surface area contributed by atoms with Crippen LogP contribution in [0.5, 0.6) is 11.5 Å². The van der Waals surface area contributed by atoms with E-state index in [0.29, 0.717) is 36.2 Å². The minimum absolute atomic E-state index is 0.0590. The van der Waals surface area contributed by atoms with Crippen molar-refractivity contribution >= 4 is 29.1 Å². The fourth-order valence-corrected chi connectivity index (χ4v) is 3.07. The van der Waals surface area contributed by atoms with Crippen molar-refractivity contribution in [2.24, 2.45) is 0 Å². The molecular formula is C16H15N5O3S. The topological polar surface area (TPSA) is 90.6 Å². The predicted molar refractivity (Wildman–Crippen MR) is 92.7 cm³/mol. The van der Waals surface area contributed by atoms with E-state index in [1.165, 1.54) is 16.3 Å². The molecule has 8 nitrogen and oxygen atoms in total. The fourth-order valence-electron chi connectivity index (χ4n) is 2.52. The number of thioether (sulfide) groups is 1. The third-order valence-electron chi connectivity index (χ3n) is 3.75. The van der Waals surface area contributed by atoms with Gasteiger partial charge in [0.25, 0.3) is 11.7 Å². The van der Waals surface area contributed by atoms with E-state index in [1.54, 1.807) is 18.3 Å². The van der Waals surface area contributed by atoms with E-state index in [-0.39, 0.29) is 5.82 Å². The standard InChI is InChI=1S/C16H15N5O3S/c1-9-3-4-17-16-19-14(20-21(9)16)15(22)18-10-7-11-12(8-13(10)25-2)24-6-5-23-11/h3-4,7-8H,5-6H2,1-2H3,(H,18,22). The fraction of sp³-hybridized carbons (Fsp3) is 0.250. The van der Waals surface area contributed by atoms with Crippen LogP contribution in [-0.4, -0.2) is 45.0 Å². The summed E-state index contributed by atoms with van der Waals surface area (Å²) in [6.07, 6.45) is 3.56. The average molecular weight is 357 g/mol. The normalized spacial score (nSPS) is 13.0. The van der Waals surface area contributed by atoms with Crippen LogP contribution in [0.15, 0.2) is 29.3 Å². The Hall–Kier alpha value is -2.81. The first-order valence-corrected chi connectivity index (χ1v) is 8.85. The lowest BCUT2D eigenvalue weighted by Crippen LogP contribution is -2.17. The van der Waals surface area contributed by atoms with Crippen molar-refractivity contribution in [1.82, 2.24) is 19.6 Å². The summed E-state index contributed by atoms with van der Waals surface area (Å²) >= 11 is 1.50. The number of anilines is 1. The van der Waals surface area contributed by atoms with E-state index in [4.69, 9.17) is 9.47 Å². The van der Waals surface area contributed by atoms with Crippen molar-refractivity contribution in [2.75, 3.05) is 24.8 Å². The molecule has 3 heterocycles. The lowest BCUT2D eigenvalue weighted by Gasteiger charge is -2.20. The number of carbonyl (C=O) groups excluding carboxylic acids is 1. The maximum atomic E-state index is 12.6. The molecule has 0 saturated carbocycles. The monoisotopic (exact) mass is 357 g/mol. The Morgan fingerprint density at radius 1 is 1.28 bits per heavy atom. The molecule has 1 aromatic carbocycles. The van der Waals surface area contributed by atoms with Gasteiger partial charge in [0.15, 0.2) is 11.5 Å². The van der Waals surface area contributed by atoms with Gasteiger partial charge in [-0.15, -0.1) is 16.9 Å². The van der Waals surface area contributed by atoms with E-state index in [2.05, 4.69) is 20.4 Å². The second-order valence-corrected chi connectivity index (χ2v) is 6.23. The highest BCUT2D eigenvalue weighted by Gasteiger charge is 2.20. The molecule has 0 radical (unpaired) electrons. The zero-order valence-electron chi connectivity index (χ0n) is 13.6. The summed E-state index contributed by atoms with van der Waals surface area (Å²) in [6, 6.07) is 5.42. The first-order chi connectivity index (χ1) is 12.2. The van der Waals surface area contributed by atoms with E-state index < -0.39 is 5.91 Å². The van der Waals surface area contributed by atoms with Crippen molar-refractivity contribution in [2.45, 2.75) is 11.8 Å². The van der Waals surface area contributed by atoms with Gasteiger partial charge in [-0.25, -0.2) is 9.50 Å². The molecule has 0 spiro atoms. The lowest BCUT2D eigenvalue weighted by atomic mass is 10.2. The Bertz CT molecular complexity index is 972. The molecule has 9 heteroatoms. The maximum Gasteiger partial charge on any atom is 0.295 e. The number of nitrogens with zero attached hydrogens (tertiary/aromatic N) is 4. The van der Waals surface area contributed by atoms with Gasteiger partial charge in [-0.2, -0.15) is 4.98 Å². The third kappa shape index (κ3) is 2.86. The van der Waals surface area contributed by atoms with Gasteiger partial charge < -0.3 is 14.8 Å². The molecule has 128 valence electrons. The van der Waals surface area contributed by atoms with Crippen molar-refractivity contribution in [3.05, 3.63) is 35.9 Å². The van der Waals surface area contributed by atoms with Crippen LogP contribution in [0.25, 0.3) is 5.78 Å². The molecular weight excluding hydrogens is 342 g/mol. The van der Waals surface area contributed by atoms with Gasteiger partial charge in [-0.1, -0.05) is 0 Å². The average Bonchev–Trinajstić information content (AvgIpc) is 3.07. The summed E-state index contributed by atoms with van der Waals surface area (Å²) in [6.45, 7) is 2.87. The number of amides is 1. The van der Waals surface area contributed by atoms with E-state index in [9.17, 15) is 4.79 Å². The summed E-state index contributed by atoms with van der Waals surface area (Å²) in [7, 11) is 0. The molecule has 1 amide bonds. The number of aryl methyl sites for hydroxylation is 1. The first kappa shape index (κ1) is 15.7. The maximum absolute atomic E-state index is 12.6. The molecule has 0 aliphatic carbocycles. The third-order valence-corrected chi connectivity index (χ3v) is 4.52. The molecule has 3 aromatic rings. The van der Waals surface area contributed by atoms with Crippen LogP contribution < -0.4 is 14.8 Å². The van der Waals surface area contributed by atoms with Gasteiger partial charge in [0.2, 0.25) is 5.82 Å². The molecule has 1 N–H and O–H groups in total.